The van der Waals surface area contributed by atoms with E-state index in [1.165, 1.54) is 11.3 Å². The number of carbonyl (C=O) groups is 1. The van der Waals surface area contributed by atoms with Crippen molar-refractivity contribution in [3.05, 3.63) is 35.9 Å². The van der Waals surface area contributed by atoms with E-state index in [0.717, 1.165) is 35.9 Å². The Bertz CT molecular complexity index is 898. The molecule has 0 aromatic carbocycles. The van der Waals surface area contributed by atoms with Gasteiger partial charge in [-0.2, -0.15) is 0 Å². The third-order valence-corrected chi connectivity index (χ3v) is 5.94. The lowest BCUT2D eigenvalue weighted by atomic mass is 9.83. The van der Waals surface area contributed by atoms with Gasteiger partial charge in [-0.15, -0.1) is 11.3 Å². The topological polar surface area (TPSA) is 92.9 Å². The summed E-state index contributed by atoms with van der Waals surface area (Å²) in [6.45, 7) is 1.84. The second-order valence-electron chi connectivity index (χ2n) is 6.80. The summed E-state index contributed by atoms with van der Waals surface area (Å²) in [5, 5.41) is 14.8. The maximum atomic E-state index is 12.9. The van der Waals surface area contributed by atoms with Crippen molar-refractivity contribution in [2.24, 2.45) is 5.92 Å². The van der Waals surface area contributed by atoms with Gasteiger partial charge in [-0.3, -0.25) is 9.36 Å². The van der Waals surface area contributed by atoms with Gasteiger partial charge >= 0.3 is 0 Å². The summed E-state index contributed by atoms with van der Waals surface area (Å²) in [7, 11) is 0. The van der Waals surface area contributed by atoms with Crippen LogP contribution in [0.3, 0.4) is 0 Å². The fourth-order valence-corrected chi connectivity index (χ4v) is 4.32. The highest BCUT2D eigenvalue weighted by atomic mass is 32.1. The van der Waals surface area contributed by atoms with Crippen LogP contribution in [-0.4, -0.2) is 42.7 Å². The summed E-state index contributed by atoms with van der Waals surface area (Å²) in [6, 6.07) is 2.02. The fraction of sp³-hybridized carbons (Fsp3) is 0.444. The maximum absolute atomic E-state index is 12.9. The van der Waals surface area contributed by atoms with Gasteiger partial charge in [0.2, 0.25) is 5.95 Å². The minimum absolute atomic E-state index is 0.124. The zero-order valence-electron chi connectivity index (χ0n) is 14.5. The van der Waals surface area contributed by atoms with Gasteiger partial charge in [-0.1, -0.05) is 0 Å². The number of aliphatic hydroxyl groups is 1. The van der Waals surface area contributed by atoms with Crippen molar-refractivity contribution >= 4 is 27.5 Å². The minimum Gasteiger partial charge on any atom is -0.393 e. The largest absolute Gasteiger partial charge is 0.393 e. The van der Waals surface area contributed by atoms with Gasteiger partial charge in [0.05, 0.1) is 16.3 Å². The van der Waals surface area contributed by atoms with Crippen molar-refractivity contribution in [3.8, 4) is 5.95 Å². The number of aromatic nitrogens is 4. The smallest absolute Gasteiger partial charge is 0.271 e. The molecule has 0 unspecified atom stereocenters. The van der Waals surface area contributed by atoms with E-state index in [1.807, 2.05) is 18.4 Å². The van der Waals surface area contributed by atoms with Crippen LogP contribution in [0.2, 0.25) is 0 Å². The van der Waals surface area contributed by atoms with Crippen LogP contribution in [0.15, 0.2) is 30.2 Å². The Balaban J connectivity index is 1.56. The standard InChI is InChI=1S/C18H21N5O2S/c1-11(24)12-2-4-13(5-3-12)20-17(25)15-16-14(6-9-26-16)21-18(22-15)23-8-7-19-10-23/h6-13,24H,2-5H2,1H3,(H,20,25)/t11-,12?,13?/m0/s1. The molecule has 1 amide bonds. The number of rotatable bonds is 4. The minimum atomic E-state index is -0.281. The van der Waals surface area contributed by atoms with Crippen molar-refractivity contribution in [2.75, 3.05) is 0 Å². The number of imidazole rings is 1. The zero-order chi connectivity index (χ0) is 18.1. The van der Waals surface area contributed by atoms with Crippen LogP contribution in [0.1, 0.15) is 43.1 Å². The van der Waals surface area contributed by atoms with Gasteiger partial charge < -0.3 is 10.4 Å². The molecule has 3 aromatic heterocycles. The van der Waals surface area contributed by atoms with E-state index in [9.17, 15) is 9.90 Å². The van der Waals surface area contributed by atoms with E-state index in [-0.39, 0.29) is 18.1 Å². The third-order valence-electron chi connectivity index (χ3n) is 5.03. The zero-order valence-corrected chi connectivity index (χ0v) is 15.3. The SMILES string of the molecule is C[C@H](O)C1CCC(NC(=O)c2nc(-n3ccnc3)nc3ccsc23)CC1. The van der Waals surface area contributed by atoms with E-state index in [0.29, 0.717) is 17.6 Å². The van der Waals surface area contributed by atoms with Crippen LogP contribution in [0, 0.1) is 5.92 Å². The Hall–Kier alpha value is -2.32. The molecule has 0 saturated heterocycles. The monoisotopic (exact) mass is 371 g/mol. The number of aliphatic hydroxyl groups excluding tert-OH is 1. The lowest BCUT2D eigenvalue weighted by Crippen LogP contribution is -2.39. The second-order valence-corrected chi connectivity index (χ2v) is 7.72. The summed E-state index contributed by atoms with van der Waals surface area (Å²) >= 11 is 1.47. The molecule has 4 rings (SSSR count). The van der Waals surface area contributed by atoms with E-state index < -0.39 is 0 Å². The Morgan fingerprint density at radius 3 is 2.85 bits per heavy atom. The van der Waals surface area contributed by atoms with Gasteiger partial charge in [0, 0.05) is 18.4 Å². The Labute approximate surface area is 155 Å². The molecule has 7 nitrogen and oxygen atoms in total. The summed E-state index contributed by atoms with van der Waals surface area (Å²) in [5.41, 5.74) is 1.17. The molecule has 3 heterocycles. The molecular formula is C18H21N5O2S. The number of fused-ring (bicyclic) bond motifs is 1. The first kappa shape index (κ1) is 17.1. The Kier molecular flexibility index (Phi) is 4.69. The predicted octanol–water partition coefficient (Wildman–Crippen LogP) is 2.55. The first-order chi connectivity index (χ1) is 12.6. The van der Waals surface area contributed by atoms with Crippen LogP contribution in [0.5, 0.6) is 0 Å². The van der Waals surface area contributed by atoms with Gasteiger partial charge in [-0.05, 0) is 50.0 Å². The first-order valence-electron chi connectivity index (χ1n) is 8.84. The molecule has 1 atom stereocenters. The van der Waals surface area contributed by atoms with Gasteiger partial charge in [-0.25, -0.2) is 15.0 Å². The van der Waals surface area contributed by atoms with Crippen molar-refractivity contribution in [1.82, 2.24) is 24.8 Å². The highest BCUT2D eigenvalue weighted by molar-refractivity contribution is 7.17. The third kappa shape index (κ3) is 3.34. The summed E-state index contributed by atoms with van der Waals surface area (Å²) in [5.74, 6) is 0.608. The van der Waals surface area contributed by atoms with Crippen LogP contribution in [0.25, 0.3) is 16.2 Å². The molecule has 136 valence electrons. The van der Waals surface area contributed by atoms with Crippen LogP contribution < -0.4 is 5.32 Å². The number of amides is 1. The number of carbonyl (C=O) groups excluding carboxylic acids is 1. The predicted molar refractivity (Wildman–Crippen MR) is 99.4 cm³/mol. The molecule has 0 bridgehead atoms. The quantitative estimate of drug-likeness (QED) is 0.735. The Morgan fingerprint density at radius 2 is 2.15 bits per heavy atom. The molecule has 1 saturated carbocycles. The first-order valence-corrected chi connectivity index (χ1v) is 9.72. The van der Waals surface area contributed by atoms with E-state index in [4.69, 9.17) is 0 Å². The molecule has 3 aromatic rings. The van der Waals surface area contributed by atoms with E-state index >= 15 is 0 Å². The molecule has 2 N–H and O–H groups in total. The molecule has 26 heavy (non-hydrogen) atoms. The van der Waals surface area contributed by atoms with Gasteiger partial charge in [0.25, 0.3) is 5.91 Å². The van der Waals surface area contributed by atoms with Crippen molar-refractivity contribution in [1.29, 1.82) is 0 Å². The molecule has 8 heteroatoms. The van der Waals surface area contributed by atoms with Gasteiger partial charge in [0.15, 0.2) is 5.69 Å². The van der Waals surface area contributed by atoms with E-state index in [2.05, 4.69) is 20.3 Å². The van der Waals surface area contributed by atoms with Crippen LogP contribution in [-0.2, 0) is 0 Å². The molecule has 0 aliphatic heterocycles. The summed E-state index contributed by atoms with van der Waals surface area (Å²) in [6.07, 6.45) is 8.38. The van der Waals surface area contributed by atoms with Crippen molar-refractivity contribution in [3.63, 3.8) is 0 Å². The average molecular weight is 371 g/mol. The van der Waals surface area contributed by atoms with E-state index in [1.54, 1.807) is 23.3 Å². The van der Waals surface area contributed by atoms with Crippen LogP contribution in [0.4, 0.5) is 0 Å². The maximum Gasteiger partial charge on any atom is 0.271 e. The molecule has 1 fully saturated rings. The number of nitrogens with one attached hydrogen (secondary N) is 1. The lowest BCUT2D eigenvalue weighted by molar-refractivity contribution is 0.0830. The normalized spacial score (nSPS) is 21.6. The second kappa shape index (κ2) is 7.13. The Morgan fingerprint density at radius 1 is 1.35 bits per heavy atom. The van der Waals surface area contributed by atoms with Gasteiger partial charge in [0.1, 0.15) is 6.33 Å². The molecule has 1 aliphatic rings. The fourth-order valence-electron chi connectivity index (χ4n) is 3.50. The number of hydrogen-bond donors (Lipinski definition) is 2. The average Bonchev–Trinajstić information content (AvgIpc) is 3.32. The molecule has 0 radical (unpaired) electrons. The summed E-state index contributed by atoms with van der Waals surface area (Å²) < 4.78 is 2.49. The van der Waals surface area contributed by atoms with Crippen LogP contribution >= 0.6 is 11.3 Å². The number of hydrogen-bond acceptors (Lipinski definition) is 6. The van der Waals surface area contributed by atoms with Crippen molar-refractivity contribution in [2.45, 2.75) is 44.8 Å². The number of nitrogens with zero attached hydrogens (tertiary/aromatic N) is 4. The summed E-state index contributed by atoms with van der Waals surface area (Å²) in [4.78, 5) is 25.9. The lowest BCUT2D eigenvalue weighted by Gasteiger charge is -2.30. The molecule has 1 aliphatic carbocycles. The highest BCUT2D eigenvalue weighted by Gasteiger charge is 2.26. The van der Waals surface area contributed by atoms with Crippen molar-refractivity contribution < 1.29 is 9.90 Å². The molecular weight excluding hydrogens is 350 g/mol. The molecule has 0 spiro atoms. The number of thiophene rings is 1. The highest BCUT2D eigenvalue weighted by Crippen LogP contribution is 2.28.